The molecule has 1 rings (SSSR count). The minimum atomic E-state index is -4.04. The fourth-order valence-corrected chi connectivity index (χ4v) is 3.31. The van der Waals surface area contributed by atoms with Crippen LogP contribution in [0.5, 0.6) is 0 Å². The Hall–Kier alpha value is -1.96. The average Bonchev–Trinajstić information content (AvgIpc) is 2.38. The maximum absolute atomic E-state index is 12.2. The van der Waals surface area contributed by atoms with E-state index in [-0.39, 0.29) is 17.0 Å². The predicted molar refractivity (Wildman–Crippen MR) is 71.2 cm³/mol. The first-order chi connectivity index (χ1) is 9.30. The Balaban J connectivity index is 3.12. The van der Waals surface area contributed by atoms with Crippen LogP contribution in [-0.2, 0) is 14.6 Å². The van der Waals surface area contributed by atoms with Gasteiger partial charge in [0.15, 0.2) is 15.1 Å². The highest BCUT2D eigenvalue weighted by Gasteiger charge is 2.33. The summed E-state index contributed by atoms with van der Waals surface area (Å²) in [6.45, 7) is 1.83. The van der Waals surface area contributed by atoms with E-state index in [1.165, 1.54) is 0 Å². The van der Waals surface area contributed by atoms with Gasteiger partial charge in [0.2, 0.25) is 0 Å². The van der Waals surface area contributed by atoms with Gasteiger partial charge in [-0.15, -0.1) is 0 Å². The zero-order valence-electron chi connectivity index (χ0n) is 10.9. The van der Waals surface area contributed by atoms with Gasteiger partial charge in [0.05, 0.1) is 9.82 Å². The van der Waals surface area contributed by atoms with E-state index in [1.54, 1.807) is 0 Å². The first kappa shape index (κ1) is 16.1. The van der Waals surface area contributed by atoms with Gasteiger partial charge in [-0.05, 0) is 18.6 Å². The number of aliphatic carboxylic acids is 1. The van der Waals surface area contributed by atoms with Crippen LogP contribution in [0.2, 0.25) is 0 Å². The van der Waals surface area contributed by atoms with Crippen LogP contribution in [0.4, 0.5) is 5.69 Å². The number of sulfone groups is 1. The molecule has 7 nitrogen and oxygen atoms in total. The summed E-state index contributed by atoms with van der Waals surface area (Å²) in [5, 5.41) is 18.0. The normalized spacial score (nSPS) is 12.8. The third kappa shape index (κ3) is 3.53. The second-order valence-electron chi connectivity index (χ2n) is 4.27. The van der Waals surface area contributed by atoms with Crippen LogP contribution in [0.15, 0.2) is 29.2 Å². The van der Waals surface area contributed by atoms with Gasteiger partial charge in [0.1, 0.15) is 0 Å². The molecule has 0 saturated heterocycles. The van der Waals surface area contributed by atoms with Crippen LogP contribution in [-0.4, -0.2) is 29.7 Å². The van der Waals surface area contributed by atoms with Gasteiger partial charge in [-0.2, -0.15) is 0 Å². The molecule has 0 spiro atoms. The topological polar surface area (TPSA) is 115 Å². The summed E-state index contributed by atoms with van der Waals surface area (Å²) in [5.74, 6) is -1.41. The molecule has 0 saturated carbocycles. The van der Waals surface area contributed by atoms with Crippen molar-refractivity contribution in [2.24, 2.45) is 0 Å². The van der Waals surface area contributed by atoms with Gasteiger partial charge in [0.25, 0.3) is 5.69 Å². The van der Waals surface area contributed by atoms with Gasteiger partial charge in [-0.3, -0.25) is 14.9 Å². The van der Waals surface area contributed by atoms with Crippen molar-refractivity contribution in [1.29, 1.82) is 0 Å². The Labute approximate surface area is 116 Å². The van der Waals surface area contributed by atoms with Gasteiger partial charge >= 0.3 is 5.97 Å². The first-order valence-corrected chi connectivity index (χ1v) is 7.56. The molecule has 110 valence electrons. The van der Waals surface area contributed by atoms with E-state index in [0.29, 0.717) is 12.8 Å². The van der Waals surface area contributed by atoms with Crippen LogP contribution >= 0.6 is 0 Å². The Morgan fingerprint density at radius 3 is 2.30 bits per heavy atom. The van der Waals surface area contributed by atoms with Crippen molar-refractivity contribution in [1.82, 2.24) is 0 Å². The molecule has 20 heavy (non-hydrogen) atoms. The van der Waals surface area contributed by atoms with E-state index in [2.05, 4.69) is 0 Å². The number of rotatable bonds is 7. The van der Waals surface area contributed by atoms with E-state index in [1.807, 2.05) is 6.92 Å². The monoisotopic (exact) mass is 301 g/mol. The van der Waals surface area contributed by atoms with E-state index < -0.39 is 26.0 Å². The lowest BCUT2D eigenvalue weighted by molar-refractivity contribution is -0.384. The Morgan fingerprint density at radius 2 is 1.90 bits per heavy atom. The van der Waals surface area contributed by atoms with Crippen molar-refractivity contribution in [2.75, 3.05) is 0 Å². The molecule has 1 aromatic carbocycles. The Morgan fingerprint density at radius 1 is 1.35 bits per heavy atom. The Bertz CT molecular complexity index is 593. The highest BCUT2D eigenvalue weighted by Crippen LogP contribution is 2.22. The van der Waals surface area contributed by atoms with E-state index in [4.69, 9.17) is 5.11 Å². The molecule has 8 heteroatoms. The number of carbonyl (C=O) groups is 1. The Kier molecular flexibility index (Phi) is 5.20. The number of hydrogen-bond donors (Lipinski definition) is 1. The van der Waals surface area contributed by atoms with Crippen molar-refractivity contribution in [3.8, 4) is 0 Å². The zero-order valence-corrected chi connectivity index (χ0v) is 11.7. The summed E-state index contributed by atoms with van der Waals surface area (Å²) in [4.78, 5) is 20.8. The van der Waals surface area contributed by atoms with Crippen LogP contribution in [0.1, 0.15) is 26.2 Å². The van der Waals surface area contributed by atoms with Crippen molar-refractivity contribution < 1.29 is 23.2 Å². The second kappa shape index (κ2) is 6.47. The van der Waals surface area contributed by atoms with Crippen LogP contribution in [0.3, 0.4) is 0 Å². The van der Waals surface area contributed by atoms with E-state index >= 15 is 0 Å². The number of benzene rings is 1. The lowest BCUT2D eigenvalue weighted by atomic mass is 10.2. The average molecular weight is 301 g/mol. The van der Waals surface area contributed by atoms with Gasteiger partial charge in [-0.25, -0.2) is 8.42 Å². The quantitative estimate of drug-likeness (QED) is 0.608. The summed E-state index contributed by atoms with van der Waals surface area (Å²) in [6, 6.07) is 4.22. The maximum Gasteiger partial charge on any atom is 0.322 e. The number of nitrogens with zero attached hydrogens (tertiary/aromatic N) is 1. The molecule has 0 bridgehead atoms. The number of carboxylic acids is 1. The molecule has 1 atom stereocenters. The molecule has 0 aliphatic heterocycles. The molecule has 0 aromatic heterocycles. The minimum Gasteiger partial charge on any atom is -0.480 e. The molecule has 0 amide bonds. The summed E-state index contributed by atoms with van der Waals surface area (Å²) >= 11 is 0. The molecular formula is C12H15NO6S. The molecule has 1 aromatic rings. The van der Waals surface area contributed by atoms with Gasteiger partial charge < -0.3 is 5.11 Å². The van der Waals surface area contributed by atoms with Gasteiger partial charge in [-0.1, -0.05) is 19.8 Å². The van der Waals surface area contributed by atoms with E-state index in [0.717, 1.165) is 24.3 Å². The molecule has 0 heterocycles. The standard InChI is InChI=1S/C12H15NO6S/c1-2-3-4-11(12(14)15)20(18,19)10-7-5-9(6-8-10)13(16)17/h5-8,11H,2-4H2,1H3,(H,14,15). The summed E-state index contributed by atoms with van der Waals surface area (Å²) < 4.78 is 24.4. The molecule has 0 aliphatic carbocycles. The summed E-state index contributed by atoms with van der Waals surface area (Å²) in [5.41, 5.74) is -0.246. The van der Waals surface area contributed by atoms with Crippen LogP contribution < -0.4 is 0 Å². The fraction of sp³-hybridized carbons (Fsp3) is 0.417. The number of carboxylic acid groups (broad SMARTS) is 1. The van der Waals surface area contributed by atoms with E-state index in [9.17, 15) is 23.3 Å². The second-order valence-corrected chi connectivity index (χ2v) is 6.40. The van der Waals surface area contributed by atoms with Crippen molar-refractivity contribution in [3.05, 3.63) is 34.4 Å². The SMILES string of the molecule is CCCCC(C(=O)O)S(=O)(=O)c1ccc([N+](=O)[O-])cc1. The maximum atomic E-state index is 12.2. The molecule has 0 aliphatic rings. The number of non-ortho nitro benzene ring substituents is 1. The molecule has 0 fully saturated rings. The fourth-order valence-electron chi connectivity index (χ4n) is 1.72. The smallest absolute Gasteiger partial charge is 0.322 e. The summed E-state index contributed by atoms with van der Waals surface area (Å²) in [7, 11) is -4.04. The number of hydrogen-bond acceptors (Lipinski definition) is 5. The number of nitro benzene ring substituents is 1. The van der Waals surface area contributed by atoms with Crippen molar-refractivity contribution >= 4 is 21.5 Å². The van der Waals surface area contributed by atoms with Crippen molar-refractivity contribution in [2.45, 2.75) is 36.3 Å². The number of nitro groups is 1. The zero-order chi connectivity index (χ0) is 15.3. The first-order valence-electron chi connectivity index (χ1n) is 6.02. The third-order valence-electron chi connectivity index (χ3n) is 2.85. The lowest BCUT2D eigenvalue weighted by Crippen LogP contribution is -2.30. The largest absolute Gasteiger partial charge is 0.480 e. The highest BCUT2D eigenvalue weighted by atomic mass is 32.2. The highest BCUT2D eigenvalue weighted by molar-refractivity contribution is 7.92. The number of unbranched alkanes of at least 4 members (excludes halogenated alkanes) is 1. The minimum absolute atomic E-state index is 0.0190. The predicted octanol–water partition coefficient (Wildman–Crippen LogP) is 2.01. The molecular weight excluding hydrogens is 286 g/mol. The third-order valence-corrected chi connectivity index (χ3v) is 4.96. The van der Waals surface area contributed by atoms with Crippen LogP contribution in [0, 0.1) is 10.1 Å². The molecule has 1 unspecified atom stereocenters. The molecule has 1 N–H and O–H groups in total. The van der Waals surface area contributed by atoms with Crippen molar-refractivity contribution in [3.63, 3.8) is 0 Å². The van der Waals surface area contributed by atoms with Crippen LogP contribution in [0.25, 0.3) is 0 Å². The lowest BCUT2D eigenvalue weighted by Gasteiger charge is -2.13. The molecule has 0 radical (unpaired) electrons. The van der Waals surface area contributed by atoms with Gasteiger partial charge in [0, 0.05) is 12.1 Å². The summed E-state index contributed by atoms with van der Waals surface area (Å²) in [6.07, 6.45) is 1.17.